The van der Waals surface area contributed by atoms with Crippen LogP contribution in [0.5, 0.6) is 0 Å². The summed E-state index contributed by atoms with van der Waals surface area (Å²) in [5.74, 6) is -0.162. The van der Waals surface area contributed by atoms with Crippen molar-refractivity contribution in [2.75, 3.05) is 6.54 Å². The molecule has 1 aliphatic heterocycles. The molecule has 2 N–H and O–H groups in total. The highest BCUT2D eigenvalue weighted by atomic mass is 79.9. The summed E-state index contributed by atoms with van der Waals surface area (Å²) in [7, 11) is -3.71. The Morgan fingerprint density at radius 1 is 1.44 bits per heavy atom. The first-order valence-electron chi connectivity index (χ1n) is 5.12. The largest absolute Gasteiger partial charge is 0.354 e. The Morgan fingerprint density at radius 3 is 2.72 bits per heavy atom. The molecule has 0 saturated carbocycles. The minimum atomic E-state index is -3.71. The highest BCUT2D eigenvalue weighted by Gasteiger charge is 2.27. The average molecular weight is 354 g/mol. The standard InChI is InChI=1S/C10H10BrClN2O3S/c11-6-1-2-9(8(12)3-6)18(16,17)14-7-4-10(15)13-5-7/h1-3,7,14H,4-5H2,(H,13,15). The fraction of sp³-hybridized carbons (Fsp3) is 0.300. The van der Waals surface area contributed by atoms with Gasteiger partial charge in [0.15, 0.2) is 0 Å². The molecule has 1 aliphatic rings. The molecule has 1 fully saturated rings. The van der Waals surface area contributed by atoms with E-state index >= 15 is 0 Å². The van der Waals surface area contributed by atoms with Gasteiger partial charge in [-0.25, -0.2) is 13.1 Å². The van der Waals surface area contributed by atoms with Crippen LogP contribution in [0.15, 0.2) is 27.6 Å². The van der Waals surface area contributed by atoms with E-state index in [1.807, 2.05) is 0 Å². The molecule has 1 amide bonds. The van der Waals surface area contributed by atoms with Gasteiger partial charge in [0.1, 0.15) is 4.90 Å². The molecule has 0 aliphatic carbocycles. The van der Waals surface area contributed by atoms with Gasteiger partial charge in [-0.3, -0.25) is 4.79 Å². The lowest BCUT2D eigenvalue weighted by molar-refractivity contribution is -0.119. The molecule has 0 radical (unpaired) electrons. The maximum absolute atomic E-state index is 12.1. The van der Waals surface area contributed by atoms with Crippen LogP contribution in [-0.4, -0.2) is 26.9 Å². The van der Waals surface area contributed by atoms with Crippen molar-refractivity contribution < 1.29 is 13.2 Å². The number of halogens is 2. The van der Waals surface area contributed by atoms with E-state index in [0.29, 0.717) is 11.0 Å². The molecule has 98 valence electrons. The van der Waals surface area contributed by atoms with E-state index < -0.39 is 16.1 Å². The molecule has 1 atom stereocenters. The number of amides is 1. The van der Waals surface area contributed by atoms with E-state index in [0.717, 1.165) is 0 Å². The van der Waals surface area contributed by atoms with Crippen molar-refractivity contribution >= 4 is 43.5 Å². The Kier molecular flexibility index (Phi) is 3.96. The van der Waals surface area contributed by atoms with Gasteiger partial charge in [-0.2, -0.15) is 0 Å². The predicted molar refractivity (Wildman–Crippen MR) is 70.9 cm³/mol. The second-order valence-electron chi connectivity index (χ2n) is 3.90. The Bertz CT molecular complexity index is 591. The second kappa shape index (κ2) is 5.16. The molecule has 0 spiro atoms. The van der Waals surface area contributed by atoms with Gasteiger partial charge in [0, 0.05) is 23.5 Å². The highest BCUT2D eigenvalue weighted by molar-refractivity contribution is 9.10. The fourth-order valence-corrected chi connectivity index (χ4v) is 3.94. The Morgan fingerprint density at radius 2 is 2.17 bits per heavy atom. The van der Waals surface area contributed by atoms with Gasteiger partial charge in [0.25, 0.3) is 0 Å². The van der Waals surface area contributed by atoms with Crippen LogP contribution in [0.3, 0.4) is 0 Å². The fourth-order valence-electron chi connectivity index (χ4n) is 1.66. The lowest BCUT2D eigenvalue weighted by Crippen LogP contribution is -2.36. The SMILES string of the molecule is O=C1CC(NS(=O)(=O)c2ccc(Br)cc2Cl)CN1. The number of nitrogens with one attached hydrogen (secondary N) is 2. The summed E-state index contributed by atoms with van der Waals surface area (Å²) in [4.78, 5) is 11.0. The molecule has 1 aromatic carbocycles. The summed E-state index contributed by atoms with van der Waals surface area (Å²) in [6.45, 7) is 0.298. The zero-order valence-electron chi connectivity index (χ0n) is 9.11. The van der Waals surface area contributed by atoms with Crippen molar-refractivity contribution in [2.45, 2.75) is 17.4 Å². The molecule has 0 aromatic heterocycles. The maximum atomic E-state index is 12.1. The van der Waals surface area contributed by atoms with E-state index in [9.17, 15) is 13.2 Å². The highest BCUT2D eigenvalue weighted by Crippen LogP contribution is 2.25. The summed E-state index contributed by atoms with van der Waals surface area (Å²) < 4.78 is 27.3. The predicted octanol–water partition coefficient (Wildman–Crippen LogP) is 1.27. The van der Waals surface area contributed by atoms with E-state index in [1.165, 1.54) is 12.1 Å². The molecular formula is C10H10BrClN2O3S. The molecule has 0 bridgehead atoms. The summed E-state index contributed by atoms with van der Waals surface area (Å²) in [5.41, 5.74) is 0. The maximum Gasteiger partial charge on any atom is 0.242 e. The van der Waals surface area contributed by atoms with E-state index in [1.54, 1.807) is 6.07 Å². The molecule has 18 heavy (non-hydrogen) atoms. The third-order valence-electron chi connectivity index (χ3n) is 2.48. The number of benzene rings is 1. The zero-order valence-corrected chi connectivity index (χ0v) is 12.3. The van der Waals surface area contributed by atoms with Crippen molar-refractivity contribution in [1.82, 2.24) is 10.0 Å². The number of sulfonamides is 1. The minimum absolute atomic E-state index is 0.00622. The van der Waals surface area contributed by atoms with Crippen LogP contribution in [-0.2, 0) is 14.8 Å². The van der Waals surface area contributed by atoms with Crippen molar-refractivity contribution in [3.8, 4) is 0 Å². The summed E-state index contributed by atoms with van der Waals surface area (Å²) in [5, 5.41) is 2.69. The van der Waals surface area contributed by atoms with E-state index in [4.69, 9.17) is 11.6 Å². The van der Waals surface area contributed by atoms with Gasteiger partial charge in [0.05, 0.1) is 5.02 Å². The molecule has 1 aromatic rings. The molecule has 1 heterocycles. The lowest BCUT2D eigenvalue weighted by Gasteiger charge is -2.12. The van der Waals surface area contributed by atoms with Gasteiger partial charge in [-0.1, -0.05) is 27.5 Å². The summed E-state index contributed by atoms with van der Waals surface area (Å²) in [6, 6.07) is 4.09. The van der Waals surface area contributed by atoms with Crippen LogP contribution in [0.4, 0.5) is 0 Å². The smallest absolute Gasteiger partial charge is 0.242 e. The van der Waals surface area contributed by atoms with E-state index in [-0.39, 0.29) is 22.2 Å². The summed E-state index contributed by atoms with van der Waals surface area (Å²) >= 11 is 9.10. The van der Waals surface area contributed by atoms with Crippen LogP contribution in [0.2, 0.25) is 5.02 Å². The monoisotopic (exact) mass is 352 g/mol. The first-order chi connectivity index (χ1) is 8.38. The molecular weight excluding hydrogens is 344 g/mol. The number of carbonyl (C=O) groups excluding carboxylic acids is 1. The van der Waals surface area contributed by atoms with Gasteiger partial charge in [-0.15, -0.1) is 0 Å². The van der Waals surface area contributed by atoms with Crippen LogP contribution >= 0.6 is 27.5 Å². The van der Waals surface area contributed by atoms with Crippen molar-refractivity contribution in [1.29, 1.82) is 0 Å². The first kappa shape index (κ1) is 13.8. The molecule has 1 saturated heterocycles. The first-order valence-corrected chi connectivity index (χ1v) is 7.78. The number of carbonyl (C=O) groups is 1. The topological polar surface area (TPSA) is 75.3 Å². The Balaban J connectivity index is 2.23. The second-order valence-corrected chi connectivity index (χ2v) is 6.91. The van der Waals surface area contributed by atoms with Gasteiger partial charge < -0.3 is 5.32 Å². The number of hydrogen-bond donors (Lipinski definition) is 2. The normalized spacial score (nSPS) is 19.9. The lowest BCUT2D eigenvalue weighted by atomic mass is 10.3. The quantitative estimate of drug-likeness (QED) is 0.859. The third-order valence-corrected chi connectivity index (χ3v) is 4.98. The van der Waals surface area contributed by atoms with E-state index in [2.05, 4.69) is 26.0 Å². The van der Waals surface area contributed by atoms with Gasteiger partial charge in [-0.05, 0) is 18.2 Å². The Labute approximate surface area is 118 Å². The van der Waals surface area contributed by atoms with Crippen LogP contribution in [0.1, 0.15) is 6.42 Å². The van der Waals surface area contributed by atoms with Crippen LogP contribution < -0.4 is 10.0 Å². The zero-order chi connectivity index (χ0) is 13.3. The van der Waals surface area contributed by atoms with Gasteiger partial charge in [0.2, 0.25) is 15.9 Å². The molecule has 1 unspecified atom stereocenters. The number of rotatable bonds is 3. The van der Waals surface area contributed by atoms with Crippen LogP contribution in [0.25, 0.3) is 0 Å². The van der Waals surface area contributed by atoms with Crippen molar-refractivity contribution in [2.24, 2.45) is 0 Å². The van der Waals surface area contributed by atoms with Crippen LogP contribution in [0, 0.1) is 0 Å². The average Bonchev–Trinajstić information content (AvgIpc) is 2.62. The minimum Gasteiger partial charge on any atom is -0.354 e. The third kappa shape index (κ3) is 3.03. The molecule has 2 rings (SSSR count). The van der Waals surface area contributed by atoms with Crippen molar-refractivity contribution in [3.05, 3.63) is 27.7 Å². The van der Waals surface area contributed by atoms with Gasteiger partial charge >= 0.3 is 0 Å². The molecule has 8 heteroatoms. The Hall–Kier alpha value is -0.630. The molecule has 5 nitrogen and oxygen atoms in total. The summed E-state index contributed by atoms with van der Waals surface area (Å²) in [6.07, 6.45) is 0.146. The number of hydrogen-bond acceptors (Lipinski definition) is 3. The van der Waals surface area contributed by atoms with Crippen molar-refractivity contribution in [3.63, 3.8) is 0 Å².